The van der Waals surface area contributed by atoms with Crippen molar-refractivity contribution in [3.63, 3.8) is 0 Å². The number of halogens is 1. The van der Waals surface area contributed by atoms with E-state index in [1.54, 1.807) is 42.5 Å². The van der Waals surface area contributed by atoms with Crippen molar-refractivity contribution in [2.75, 3.05) is 32.3 Å². The zero-order valence-corrected chi connectivity index (χ0v) is 19.9. The van der Waals surface area contributed by atoms with Crippen molar-refractivity contribution in [1.29, 1.82) is 0 Å². The summed E-state index contributed by atoms with van der Waals surface area (Å²) in [4.78, 5) is 28.5. The van der Waals surface area contributed by atoms with E-state index >= 15 is 4.39 Å². The molecule has 0 aliphatic carbocycles. The van der Waals surface area contributed by atoms with Crippen LogP contribution in [-0.2, 0) is 20.9 Å². The SMILES string of the molecule is COCCNC(=O)[C@@H](c1ccc(OC)cc1)N(C(=O)Cn1nnc2ccccc21)c1ccccc1F. The first-order valence-corrected chi connectivity index (χ1v) is 11.3. The Morgan fingerprint density at radius 3 is 2.47 bits per heavy atom. The van der Waals surface area contributed by atoms with Crippen LogP contribution in [0.25, 0.3) is 11.0 Å². The highest BCUT2D eigenvalue weighted by molar-refractivity contribution is 6.01. The molecule has 1 atom stereocenters. The predicted octanol–water partition coefficient (Wildman–Crippen LogP) is 3.12. The summed E-state index contributed by atoms with van der Waals surface area (Å²) in [5, 5.41) is 11.0. The van der Waals surface area contributed by atoms with Gasteiger partial charge < -0.3 is 14.8 Å². The number of nitrogens with zero attached hydrogens (tertiary/aromatic N) is 4. The Bertz CT molecular complexity index is 1340. The highest BCUT2D eigenvalue weighted by Gasteiger charge is 2.34. The Morgan fingerprint density at radius 1 is 1.03 bits per heavy atom. The first kappa shape index (κ1) is 24.8. The summed E-state index contributed by atoms with van der Waals surface area (Å²) in [5.74, 6) is -1.09. The number of aromatic nitrogens is 3. The maximum Gasteiger partial charge on any atom is 0.249 e. The minimum Gasteiger partial charge on any atom is -0.497 e. The number of rotatable bonds is 10. The molecular weight excluding hydrogens is 465 g/mol. The molecule has 9 nitrogen and oxygen atoms in total. The van der Waals surface area contributed by atoms with Crippen molar-refractivity contribution in [1.82, 2.24) is 20.3 Å². The van der Waals surface area contributed by atoms with Gasteiger partial charge in [-0.25, -0.2) is 9.07 Å². The average molecular weight is 492 g/mol. The number of anilines is 1. The molecule has 0 bridgehead atoms. The van der Waals surface area contributed by atoms with Gasteiger partial charge in [0.05, 0.1) is 24.9 Å². The van der Waals surface area contributed by atoms with E-state index in [9.17, 15) is 9.59 Å². The highest BCUT2D eigenvalue weighted by atomic mass is 19.1. The quantitative estimate of drug-likeness (QED) is 0.342. The van der Waals surface area contributed by atoms with Crippen LogP contribution in [0.4, 0.5) is 10.1 Å². The molecule has 0 saturated heterocycles. The lowest BCUT2D eigenvalue weighted by molar-refractivity contribution is -0.127. The molecule has 186 valence electrons. The van der Waals surface area contributed by atoms with Gasteiger partial charge in [0.25, 0.3) is 0 Å². The molecule has 0 radical (unpaired) electrons. The Kier molecular flexibility index (Phi) is 7.86. The standard InChI is InChI=1S/C26H26FN5O4/c1-35-16-15-28-26(34)25(18-11-13-19(36-2)14-12-18)32(22-9-5-3-7-20(22)27)24(33)17-31-23-10-6-4-8-21(23)29-30-31/h3-14,25H,15-17H2,1-2H3,(H,28,34)/t25-/m1/s1. The first-order chi connectivity index (χ1) is 17.5. The molecule has 0 spiro atoms. The molecule has 4 rings (SSSR count). The van der Waals surface area contributed by atoms with Crippen molar-refractivity contribution in [3.8, 4) is 5.75 Å². The van der Waals surface area contributed by atoms with E-state index in [-0.39, 0.29) is 25.4 Å². The van der Waals surface area contributed by atoms with E-state index in [4.69, 9.17) is 9.47 Å². The second-order valence-corrected chi connectivity index (χ2v) is 7.91. The van der Waals surface area contributed by atoms with Gasteiger partial charge in [0.1, 0.15) is 29.7 Å². The van der Waals surface area contributed by atoms with Crippen LogP contribution >= 0.6 is 0 Å². The summed E-state index contributed by atoms with van der Waals surface area (Å²) >= 11 is 0. The van der Waals surface area contributed by atoms with Crippen LogP contribution in [0.2, 0.25) is 0 Å². The molecule has 1 heterocycles. The number of carbonyl (C=O) groups excluding carboxylic acids is 2. The molecule has 0 aliphatic heterocycles. The highest BCUT2D eigenvalue weighted by Crippen LogP contribution is 2.31. The molecule has 1 aromatic heterocycles. The third-order valence-corrected chi connectivity index (χ3v) is 5.63. The van der Waals surface area contributed by atoms with Crippen molar-refractivity contribution in [2.24, 2.45) is 0 Å². The molecular formula is C26H26FN5O4. The number of carbonyl (C=O) groups is 2. The fraction of sp³-hybridized carbons (Fsp3) is 0.231. The second-order valence-electron chi connectivity index (χ2n) is 7.91. The van der Waals surface area contributed by atoms with E-state index in [0.717, 1.165) is 4.90 Å². The van der Waals surface area contributed by atoms with Gasteiger partial charge in [0.15, 0.2) is 0 Å². The van der Waals surface area contributed by atoms with E-state index in [0.29, 0.717) is 22.3 Å². The monoisotopic (exact) mass is 491 g/mol. The van der Waals surface area contributed by atoms with Crippen molar-refractivity contribution < 1.29 is 23.5 Å². The Balaban J connectivity index is 1.79. The number of fused-ring (bicyclic) bond motifs is 1. The number of amides is 2. The number of methoxy groups -OCH3 is 2. The molecule has 0 saturated carbocycles. The summed E-state index contributed by atoms with van der Waals surface area (Å²) in [7, 11) is 3.05. The van der Waals surface area contributed by atoms with Crippen molar-refractivity contribution >= 4 is 28.5 Å². The average Bonchev–Trinajstić information content (AvgIpc) is 3.30. The van der Waals surface area contributed by atoms with Crippen molar-refractivity contribution in [3.05, 3.63) is 84.2 Å². The fourth-order valence-corrected chi connectivity index (χ4v) is 3.88. The normalized spacial score (nSPS) is 11.8. The largest absolute Gasteiger partial charge is 0.497 e. The Labute approximate surface area is 207 Å². The summed E-state index contributed by atoms with van der Waals surface area (Å²) in [6, 6.07) is 18.6. The molecule has 0 unspecified atom stereocenters. The molecule has 0 fully saturated rings. The van der Waals surface area contributed by atoms with Crippen LogP contribution in [0.1, 0.15) is 11.6 Å². The second kappa shape index (κ2) is 11.4. The van der Waals surface area contributed by atoms with E-state index < -0.39 is 23.7 Å². The van der Waals surface area contributed by atoms with Gasteiger partial charge >= 0.3 is 0 Å². The molecule has 4 aromatic rings. The van der Waals surface area contributed by atoms with Crippen LogP contribution < -0.4 is 15.0 Å². The minimum atomic E-state index is -1.17. The zero-order valence-electron chi connectivity index (χ0n) is 19.9. The summed E-state index contributed by atoms with van der Waals surface area (Å²) in [6.45, 7) is 0.238. The summed E-state index contributed by atoms with van der Waals surface area (Å²) < 4.78 is 26.8. The van der Waals surface area contributed by atoms with Crippen LogP contribution in [0.5, 0.6) is 5.75 Å². The van der Waals surface area contributed by atoms with E-state index in [2.05, 4.69) is 15.6 Å². The molecule has 0 aliphatic rings. The van der Waals surface area contributed by atoms with Crippen LogP contribution in [0, 0.1) is 5.82 Å². The van der Waals surface area contributed by atoms with E-state index in [1.807, 2.05) is 12.1 Å². The number of hydrogen-bond donors (Lipinski definition) is 1. The third-order valence-electron chi connectivity index (χ3n) is 5.63. The molecule has 10 heteroatoms. The van der Waals surface area contributed by atoms with Crippen LogP contribution in [0.3, 0.4) is 0 Å². The van der Waals surface area contributed by atoms with Gasteiger partial charge in [0, 0.05) is 13.7 Å². The Hall–Kier alpha value is -4.31. The van der Waals surface area contributed by atoms with Crippen LogP contribution in [-0.4, -0.2) is 54.2 Å². The zero-order chi connectivity index (χ0) is 25.5. The molecule has 36 heavy (non-hydrogen) atoms. The maximum absolute atomic E-state index is 15.1. The van der Waals surface area contributed by atoms with Gasteiger partial charge in [-0.05, 0) is 42.0 Å². The number of benzene rings is 3. The number of nitrogens with one attached hydrogen (secondary N) is 1. The number of ether oxygens (including phenoxy) is 2. The topological polar surface area (TPSA) is 98.6 Å². The van der Waals surface area contributed by atoms with Gasteiger partial charge in [-0.3, -0.25) is 14.5 Å². The lowest BCUT2D eigenvalue weighted by Gasteiger charge is -2.31. The lowest BCUT2D eigenvalue weighted by Crippen LogP contribution is -2.46. The van der Waals surface area contributed by atoms with Gasteiger partial charge in [-0.1, -0.05) is 41.6 Å². The minimum absolute atomic E-state index is 0.0327. The first-order valence-electron chi connectivity index (χ1n) is 11.3. The molecule has 1 N–H and O–H groups in total. The van der Waals surface area contributed by atoms with Crippen LogP contribution in [0.15, 0.2) is 72.8 Å². The molecule has 3 aromatic carbocycles. The smallest absolute Gasteiger partial charge is 0.249 e. The van der Waals surface area contributed by atoms with Gasteiger partial charge in [-0.15, -0.1) is 5.10 Å². The predicted molar refractivity (Wildman–Crippen MR) is 132 cm³/mol. The number of para-hydroxylation sites is 2. The fourth-order valence-electron chi connectivity index (χ4n) is 3.88. The van der Waals surface area contributed by atoms with E-state index in [1.165, 1.54) is 37.1 Å². The third kappa shape index (κ3) is 5.33. The number of hydrogen-bond acceptors (Lipinski definition) is 6. The van der Waals surface area contributed by atoms with Gasteiger partial charge in [-0.2, -0.15) is 0 Å². The maximum atomic E-state index is 15.1. The van der Waals surface area contributed by atoms with Gasteiger partial charge in [0.2, 0.25) is 11.8 Å². The van der Waals surface area contributed by atoms with Crippen molar-refractivity contribution in [2.45, 2.75) is 12.6 Å². The summed E-state index contributed by atoms with van der Waals surface area (Å²) in [6.07, 6.45) is 0. The summed E-state index contributed by atoms with van der Waals surface area (Å²) in [5.41, 5.74) is 1.71. The molecule has 2 amide bonds. The lowest BCUT2D eigenvalue weighted by atomic mass is 10.0. The Morgan fingerprint density at radius 2 is 1.75 bits per heavy atom.